The molecule has 1 aromatic rings. The highest BCUT2D eigenvalue weighted by atomic mass is 16.7. The summed E-state index contributed by atoms with van der Waals surface area (Å²) in [5.41, 5.74) is 1.15. The van der Waals surface area contributed by atoms with Gasteiger partial charge in [-0.05, 0) is 49.5 Å². The van der Waals surface area contributed by atoms with Crippen LogP contribution in [0, 0.1) is 5.92 Å². The molecule has 1 atom stereocenters. The van der Waals surface area contributed by atoms with Gasteiger partial charge in [0.1, 0.15) is 0 Å². The van der Waals surface area contributed by atoms with Gasteiger partial charge in [-0.3, -0.25) is 4.99 Å². The third kappa shape index (κ3) is 4.32. The van der Waals surface area contributed by atoms with Crippen LogP contribution in [0.15, 0.2) is 23.2 Å². The lowest BCUT2D eigenvalue weighted by Gasteiger charge is -2.32. The molecule has 0 amide bonds. The summed E-state index contributed by atoms with van der Waals surface area (Å²) in [5.74, 6) is 3.18. The van der Waals surface area contributed by atoms with Gasteiger partial charge in [0.05, 0.1) is 0 Å². The van der Waals surface area contributed by atoms with Gasteiger partial charge >= 0.3 is 0 Å². The highest BCUT2D eigenvalue weighted by Crippen LogP contribution is 2.32. The molecular weight excluding hydrogens is 304 g/mol. The average molecular weight is 332 g/mol. The third-order valence-electron chi connectivity index (χ3n) is 4.73. The van der Waals surface area contributed by atoms with E-state index in [1.54, 1.807) is 0 Å². The first-order chi connectivity index (χ1) is 11.8. The number of hydrogen-bond donors (Lipinski definition) is 2. The average Bonchev–Trinajstić information content (AvgIpc) is 3.10. The summed E-state index contributed by atoms with van der Waals surface area (Å²) in [6, 6.07) is 6.02. The van der Waals surface area contributed by atoms with Gasteiger partial charge in [-0.2, -0.15) is 0 Å². The van der Waals surface area contributed by atoms with Crippen LogP contribution in [0.1, 0.15) is 25.3 Å². The van der Waals surface area contributed by atoms with Gasteiger partial charge in [0, 0.05) is 26.7 Å². The van der Waals surface area contributed by atoms with Crippen molar-refractivity contribution >= 4 is 5.96 Å². The van der Waals surface area contributed by atoms with Crippen molar-refractivity contribution in [2.24, 2.45) is 10.9 Å². The molecule has 0 radical (unpaired) electrons. The Balaban J connectivity index is 1.45. The molecule has 0 aromatic heterocycles. The molecule has 1 saturated heterocycles. The minimum absolute atomic E-state index is 0.311. The van der Waals surface area contributed by atoms with E-state index in [2.05, 4.69) is 27.4 Å². The molecule has 2 aliphatic rings. The molecule has 1 aromatic carbocycles. The van der Waals surface area contributed by atoms with Crippen LogP contribution in [-0.4, -0.2) is 50.9 Å². The Morgan fingerprint density at radius 2 is 2.17 bits per heavy atom. The SMILES string of the molecule is CCN1CCCC(CNC(=NC)NCc2ccc3c(c2)OCO3)C1. The molecule has 0 bridgehead atoms. The van der Waals surface area contributed by atoms with E-state index < -0.39 is 0 Å². The Hall–Kier alpha value is -1.95. The molecule has 2 aliphatic heterocycles. The summed E-state index contributed by atoms with van der Waals surface area (Å²) in [6.07, 6.45) is 2.59. The summed E-state index contributed by atoms with van der Waals surface area (Å²) in [7, 11) is 1.81. The maximum atomic E-state index is 5.42. The molecule has 1 unspecified atom stereocenters. The highest BCUT2D eigenvalue weighted by molar-refractivity contribution is 5.79. The molecule has 24 heavy (non-hydrogen) atoms. The van der Waals surface area contributed by atoms with Crippen molar-refractivity contribution in [3.05, 3.63) is 23.8 Å². The van der Waals surface area contributed by atoms with Gasteiger partial charge < -0.3 is 25.0 Å². The molecule has 6 heteroatoms. The van der Waals surface area contributed by atoms with Crippen LogP contribution in [0.5, 0.6) is 11.5 Å². The van der Waals surface area contributed by atoms with Crippen LogP contribution >= 0.6 is 0 Å². The van der Waals surface area contributed by atoms with Crippen LogP contribution < -0.4 is 20.1 Å². The Labute approximate surface area is 144 Å². The standard InChI is InChI=1S/C18H28N4O2/c1-3-22-8-4-5-15(12-22)11-21-18(19-2)20-10-14-6-7-16-17(9-14)24-13-23-16/h6-7,9,15H,3-5,8,10-13H2,1-2H3,(H2,19,20,21). The van der Waals surface area contributed by atoms with Gasteiger partial charge in [-0.25, -0.2) is 0 Å². The summed E-state index contributed by atoms with van der Waals surface area (Å²) < 4.78 is 10.8. The number of likely N-dealkylation sites (tertiary alicyclic amines) is 1. The number of rotatable bonds is 5. The van der Waals surface area contributed by atoms with Crippen LogP contribution in [0.2, 0.25) is 0 Å². The third-order valence-corrected chi connectivity index (χ3v) is 4.73. The number of hydrogen-bond acceptors (Lipinski definition) is 4. The zero-order valence-electron chi connectivity index (χ0n) is 14.7. The number of nitrogens with one attached hydrogen (secondary N) is 2. The fourth-order valence-corrected chi connectivity index (χ4v) is 3.30. The monoisotopic (exact) mass is 332 g/mol. The van der Waals surface area contributed by atoms with E-state index in [-0.39, 0.29) is 0 Å². The maximum Gasteiger partial charge on any atom is 0.231 e. The first-order valence-electron chi connectivity index (χ1n) is 8.84. The van der Waals surface area contributed by atoms with Crippen LogP contribution in [0.4, 0.5) is 0 Å². The zero-order chi connectivity index (χ0) is 16.8. The number of fused-ring (bicyclic) bond motifs is 1. The number of piperidine rings is 1. The largest absolute Gasteiger partial charge is 0.454 e. The number of nitrogens with zero attached hydrogens (tertiary/aromatic N) is 2. The lowest BCUT2D eigenvalue weighted by atomic mass is 9.98. The van der Waals surface area contributed by atoms with Gasteiger partial charge in [0.25, 0.3) is 0 Å². The normalized spacial score (nSPS) is 20.9. The summed E-state index contributed by atoms with van der Waals surface area (Å²) >= 11 is 0. The zero-order valence-corrected chi connectivity index (χ0v) is 14.7. The van der Waals surface area contributed by atoms with Crippen LogP contribution in [0.3, 0.4) is 0 Å². The van der Waals surface area contributed by atoms with Crippen molar-refractivity contribution < 1.29 is 9.47 Å². The van der Waals surface area contributed by atoms with Crippen LogP contribution in [-0.2, 0) is 6.54 Å². The second kappa shape index (κ2) is 8.24. The fourth-order valence-electron chi connectivity index (χ4n) is 3.30. The van der Waals surface area contributed by atoms with E-state index in [4.69, 9.17) is 9.47 Å². The van der Waals surface area contributed by atoms with Crippen molar-refractivity contribution in [1.82, 2.24) is 15.5 Å². The first kappa shape index (κ1) is 16.9. The molecule has 6 nitrogen and oxygen atoms in total. The van der Waals surface area contributed by atoms with Crippen molar-refractivity contribution in [1.29, 1.82) is 0 Å². The molecule has 0 saturated carbocycles. The number of aliphatic imine (C=N–C) groups is 1. The first-order valence-corrected chi connectivity index (χ1v) is 8.84. The van der Waals surface area contributed by atoms with Crippen molar-refractivity contribution in [2.45, 2.75) is 26.3 Å². The summed E-state index contributed by atoms with van der Waals surface area (Å²) in [6.45, 7) is 7.80. The maximum absolute atomic E-state index is 5.42. The summed E-state index contributed by atoms with van der Waals surface area (Å²) in [4.78, 5) is 6.85. The second-order valence-electron chi connectivity index (χ2n) is 6.40. The van der Waals surface area contributed by atoms with E-state index in [9.17, 15) is 0 Å². The van der Waals surface area contributed by atoms with Gasteiger partial charge in [0.2, 0.25) is 6.79 Å². The highest BCUT2D eigenvalue weighted by Gasteiger charge is 2.19. The minimum Gasteiger partial charge on any atom is -0.454 e. The smallest absolute Gasteiger partial charge is 0.231 e. The topological polar surface area (TPSA) is 58.1 Å². The fraction of sp³-hybridized carbons (Fsp3) is 0.611. The molecule has 0 spiro atoms. The van der Waals surface area contributed by atoms with Crippen LogP contribution in [0.25, 0.3) is 0 Å². The van der Waals surface area contributed by atoms with Gasteiger partial charge in [-0.1, -0.05) is 13.0 Å². The lowest BCUT2D eigenvalue weighted by molar-refractivity contribution is 0.174. The molecular formula is C18H28N4O2. The molecule has 3 rings (SSSR count). The van der Waals surface area contributed by atoms with Crippen molar-refractivity contribution in [3.8, 4) is 11.5 Å². The molecule has 2 heterocycles. The summed E-state index contributed by atoms with van der Waals surface area (Å²) in [5, 5.41) is 6.83. The lowest BCUT2D eigenvalue weighted by Crippen LogP contribution is -2.44. The molecule has 132 valence electrons. The number of benzene rings is 1. The number of guanidine groups is 1. The van der Waals surface area contributed by atoms with Gasteiger partial charge in [-0.15, -0.1) is 0 Å². The molecule has 1 fully saturated rings. The predicted molar refractivity (Wildman–Crippen MR) is 95.6 cm³/mol. The molecule has 0 aliphatic carbocycles. The quantitative estimate of drug-likeness (QED) is 0.636. The Bertz CT molecular complexity index is 576. The number of ether oxygens (including phenoxy) is 2. The van der Waals surface area contributed by atoms with Gasteiger partial charge in [0.15, 0.2) is 17.5 Å². The second-order valence-corrected chi connectivity index (χ2v) is 6.40. The van der Waals surface area contributed by atoms with E-state index in [1.165, 1.54) is 25.9 Å². The molecule has 2 N–H and O–H groups in total. The van der Waals surface area contributed by atoms with E-state index in [1.807, 2.05) is 25.2 Å². The van der Waals surface area contributed by atoms with Crippen molar-refractivity contribution in [2.75, 3.05) is 40.0 Å². The Morgan fingerprint density at radius 3 is 3.00 bits per heavy atom. The van der Waals surface area contributed by atoms with E-state index >= 15 is 0 Å². The minimum atomic E-state index is 0.311. The van der Waals surface area contributed by atoms with Crippen molar-refractivity contribution in [3.63, 3.8) is 0 Å². The van der Waals surface area contributed by atoms with E-state index in [0.29, 0.717) is 19.3 Å². The Morgan fingerprint density at radius 1 is 1.29 bits per heavy atom. The van der Waals surface area contributed by atoms with E-state index in [0.717, 1.165) is 36.1 Å². The Kier molecular flexibility index (Phi) is 5.80. The predicted octanol–water partition coefficient (Wildman–Crippen LogP) is 1.81.